The average Bonchev–Trinajstić information content (AvgIpc) is 3.16. The van der Waals surface area contributed by atoms with Crippen LogP contribution >= 0.6 is 0 Å². The number of pyridine rings is 2. The van der Waals surface area contributed by atoms with Gasteiger partial charge in [0.2, 0.25) is 11.9 Å². The summed E-state index contributed by atoms with van der Waals surface area (Å²) in [5, 5.41) is 0. The van der Waals surface area contributed by atoms with Crippen molar-refractivity contribution in [3.05, 3.63) is 70.8 Å². The molecule has 0 saturated carbocycles. The highest BCUT2D eigenvalue weighted by Crippen LogP contribution is 2.39. The van der Waals surface area contributed by atoms with Gasteiger partial charge in [0, 0.05) is 48.0 Å². The van der Waals surface area contributed by atoms with Gasteiger partial charge in [-0.1, -0.05) is 6.07 Å². The topological polar surface area (TPSA) is 98.4 Å². The number of hydrogen-bond acceptors (Lipinski definition) is 5. The van der Waals surface area contributed by atoms with Gasteiger partial charge in [0.1, 0.15) is 0 Å². The molecule has 3 aromatic rings. The van der Waals surface area contributed by atoms with Crippen molar-refractivity contribution in [2.24, 2.45) is 5.73 Å². The minimum atomic E-state index is -0.595. The Labute approximate surface area is 177 Å². The van der Waals surface area contributed by atoms with Crippen LogP contribution in [0.5, 0.6) is 0 Å². The molecule has 1 saturated heterocycles. The predicted octanol–water partition coefficient (Wildman–Crippen LogP) is 2.43. The quantitative estimate of drug-likeness (QED) is 0.515. The summed E-state index contributed by atoms with van der Waals surface area (Å²) in [4.78, 5) is 35.2. The number of aromatic nitrogens is 2. The summed E-state index contributed by atoms with van der Waals surface area (Å²) in [5.74, 6) is -1.20. The first-order chi connectivity index (χ1) is 15.0. The van der Waals surface area contributed by atoms with E-state index in [-0.39, 0.29) is 5.91 Å². The van der Waals surface area contributed by atoms with Crippen LogP contribution in [0.15, 0.2) is 42.6 Å². The molecule has 1 fully saturated rings. The molecule has 2 aliphatic rings. The predicted molar refractivity (Wildman–Crippen MR) is 111 cm³/mol. The number of primary amides is 1. The second-order valence-corrected chi connectivity index (χ2v) is 7.57. The monoisotopic (exact) mass is 418 g/mol. The molecule has 0 bridgehead atoms. The molecule has 8 heteroatoms. The van der Waals surface area contributed by atoms with E-state index in [1.165, 1.54) is 12.3 Å². The third-order valence-electron chi connectivity index (χ3n) is 5.69. The van der Waals surface area contributed by atoms with Gasteiger partial charge in [0.25, 0.3) is 5.91 Å². The Morgan fingerprint density at radius 2 is 1.90 bits per heavy atom. The molecule has 5 rings (SSSR count). The van der Waals surface area contributed by atoms with Crippen LogP contribution < -0.4 is 5.73 Å². The minimum absolute atomic E-state index is 0.0387. The summed E-state index contributed by atoms with van der Waals surface area (Å²) in [6.07, 6.45) is 1.83. The normalized spacial score (nSPS) is 14.8. The zero-order valence-electron chi connectivity index (χ0n) is 16.6. The lowest BCUT2D eigenvalue weighted by Crippen LogP contribution is -2.40. The van der Waals surface area contributed by atoms with Crippen molar-refractivity contribution < 1.29 is 18.7 Å². The molecule has 2 N–H and O–H groups in total. The third kappa shape index (κ3) is 3.44. The Morgan fingerprint density at radius 1 is 1.10 bits per heavy atom. The van der Waals surface area contributed by atoms with Crippen LogP contribution in [0.25, 0.3) is 22.5 Å². The summed E-state index contributed by atoms with van der Waals surface area (Å²) < 4.78 is 18.5. The first-order valence-electron chi connectivity index (χ1n) is 9.97. The highest BCUT2D eigenvalue weighted by molar-refractivity contribution is 6.00. The molecule has 156 valence electrons. The number of ether oxygens (including phenoxy) is 1. The fraction of sp³-hybridized carbons (Fsp3) is 0.217. The number of benzene rings is 1. The van der Waals surface area contributed by atoms with Crippen molar-refractivity contribution in [1.29, 1.82) is 0 Å². The Balaban J connectivity index is 1.56. The van der Waals surface area contributed by atoms with E-state index < -0.39 is 11.9 Å². The number of amides is 2. The zero-order chi connectivity index (χ0) is 21.5. The van der Waals surface area contributed by atoms with Gasteiger partial charge in [-0.05, 0) is 41.5 Å². The third-order valence-corrected chi connectivity index (χ3v) is 5.69. The summed E-state index contributed by atoms with van der Waals surface area (Å²) >= 11 is 0. The fourth-order valence-electron chi connectivity index (χ4n) is 4.11. The summed E-state index contributed by atoms with van der Waals surface area (Å²) in [5.41, 5.74) is 10.8. The fourth-order valence-corrected chi connectivity index (χ4v) is 4.11. The van der Waals surface area contributed by atoms with Gasteiger partial charge in [0.15, 0.2) is 0 Å². The number of halogens is 1. The van der Waals surface area contributed by atoms with Crippen LogP contribution in [0.4, 0.5) is 4.39 Å². The number of carbonyl (C=O) groups is 2. The number of fused-ring (bicyclic) bond motifs is 3. The second-order valence-electron chi connectivity index (χ2n) is 7.57. The minimum Gasteiger partial charge on any atom is -0.378 e. The zero-order valence-corrected chi connectivity index (χ0v) is 16.6. The Bertz CT molecular complexity index is 1200. The standard InChI is InChI=1S/C23H19FN4O3/c24-20-4-2-14(12-26-20)19-11-18(22(25)29)17-10-15-9-13(1-3-16(15)21(17)27-19)23(30)28-5-7-31-8-6-28/h1-4,9,11-12H,5-8,10H2,(H2,25,29). The highest BCUT2D eigenvalue weighted by atomic mass is 19.1. The molecule has 1 aromatic carbocycles. The number of morpholine rings is 1. The maximum Gasteiger partial charge on any atom is 0.254 e. The van der Waals surface area contributed by atoms with E-state index in [9.17, 15) is 14.0 Å². The maximum atomic E-state index is 13.2. The summed E-state index contributed by atoms with van der Waals surface area (Å²) in [6.45, 7) is 2.21. The van der Waals surface area contributed by atoms with Gasteiger partial charge < -0.3 is 15.4 Å². The second kappa shape index (κ2) is 7.55. The van der Waals surface area contributed by atoms with Crippen LogP contribution in [0, 0.1) is 5.95 Å². The van der Waals surface area contributed by atoms with E-state index in [4.69, 9.17) is 15.5 Å². The van der Waals surface area contributed by atoms with Crippen LogP contribution in [-0.4, -0.2) is 53.0 Å². The first-order valence-corrected chi connectivity index (χ1v) is 9.97. The van der Waals surface area contributed by atoms with Crippen molar-refractivity contribution >= 4 is 11.8 Å². The lowest BCUT2D eigenvalue weighted by molar-refractivity contribution is 0.0303. The summed E-state index contributed by atoms with van der Waals surface area (Å²) in [7, 11) is 0. The average molecular weight is 418 g/mol. The molecule has 3 heterocycles. The van der Waals surface area contributed by atoms with E-state index in [0.717, 1.165) is 16.7 Å². The van der Waals surface area contributed by atoms with E-state index in [1.807, 2.05) is 12.1 Å². The van der Waals surface area contributed by atoms with Crippen molar-refractivity contribution in [3.63, 3.8) is 0 Å². The molecule has 7 nitrogen and oxygen atoms in total. The van der Waals surface area contributed by atoms with E-state index in [2.05, 4.69) is 4.98 Å². The number of rotatable bonds is 3. The van der Waals surface area contributed by atoms with Crippen LogP contribution in [0.3, 0.4) is 0 Å². The van der Waals surface area contributed by atoms with E-state index in [0.29, 0.717) is 60.8 Å². The van der Waals surface area contributed by atoms with Crippen LogP contribution in [-0.2, 0) is 11.2 Å². The Hall–Kier alpha value is -3.65. The largest absolute Gasteiger partial charge is 0.378 e. The van der Waals surface area contributed by atoms with Crippen molar-refractivity contribution in [1.82, 2.24) is 14.9 Å². The molecule has 0 atom stereocenters. The van der Waals surface area contributed by atoms with Gasteiger partial charge >= 0.3 is 0 Å². The molecule has 1 aliphatic carbocycles. The van der Waals surface area contributed by atoms with Crippen molar-refractivity contribution in [2.45, 2.75) is 6.42 Å². The SMILES string of the molecule is NC(=O)c1cc(-c2ccc(F)nc2)nc2c1Cc1cc(C(=O)N3CCOCC3)ccc1-2. The highest BCUT2D eigenvalue weighted by Gasteiger charge is 2.28. The number of nitrogens with zero attached hydrogens (tertiary/aromatic N) is 3. The number of carbonyl (C=O) groups excluding carboxylic acids is 2. The van der Waals surface area contributed by atoms with Gasteiger partial charge in [0.05, 0.1) is 24.6 Å². The van der Waals surface area contributed by atoms with Crippen molar-refractivity contribution in [3.8, 4) is 22.5 Å². The summed E-state index contributed by atoms with van der Waals surface area (Å²) in [6, 6.07) is 9.91. The molecule has 2 amide bonds. The molecule has 1 aliphatic heterocycles. The molecule has 0 radical (unpaired) electrons. The van der Waals surface area contributed by atoms with E-state index >= 15 is 0 Å². The Kier molecular flexibility index (Phi) is 4.71. The van der Waals surface area contributed by atoms with Gasteiger partial charge in [-0.3, -0.25) is 9.59 Å². The first kappa shape index (κ1) is 19.3. The van der Waals surface area contributed by atoms with Gasteiger partial charge in [-0.2, -0.15) is 4.39 Å². The molecular weight excluding hydrogens is 399 g/mol. The van der Waals surface area contributed by atoms with Crippen molar-refractivity contribution in [2.75, 3.05) is 26.3 Å². The Morgan fingerprint density at radius 3 is 2.61 bits per heavy atom. The maximum absolute atomic E-state index is 13.2. The molecule has 31 heavy (non-hydrogen) atoms. The van der Waals surface area contributed by atoms with Gasteiger partial charge in [-0.15, -0.1) is 0 Å². The van der Waals surface area contributed by atoms with E-state index in [1.54, 1.807) is 23.1 Å². The molecule has 0 spiro atoms. The lowest BCUT2D eigenvalue weighted by atomic mass is 10.0. The lowest BCUT2D eigenvalue weighted by Gasteiger charge is -2.27. The molecular formula is C23H19FN4O3. The molecule has 0 unspecified atom stereocenters. The molecule has 2 aromatic heterocycles. The number of hydrogen-bond donors (Lipinski definition) is 1. The smallest absolute Gasteiger partial charge is 0.254 e. The number of nitrogens with two attached hydrogens (primary N) is 1. The van der Waals surface area contributed by atoms with Crippen LogP contribution in [0.1, 0.15) is 31.8 Å². The van der Waals surface area contributed by atoms with Crippen LogP contribution in [0.2, 0.25) is 0 Å². The van der Waals surface area contributed by atoms with Gasteiger partial charge in [-0.25, -0.2) is 9.97 Å².